The molecule has 104 valence electrons. The second-order valence-corrected chi connectivity index (χ2v) is 7.04. The third-order valence-corrected chi connectivity index (χ3v) is 5.22. The second-order valence-electron chi connectivity index (χ2n) is 4.26. The molecule has 0 aliphatic heterocycles. The van der Waals surface area contributed by atoms with Gasteiger partial charge in [-0.3, -0.25) is 0 Å². The fourth-order valence-electron chi connectivity index (χ4n) is 1.79. The summed E-state index contributed by atoms with van der Waals surface area (Å²) in [6, 6.07) is 0. The van der Waals surface area contributed by atoms with Gasteiger partial charge in [-0.1, -0.05) is 0 Å². The fourth-order valence-corrected chi connectivity index (χ4v) is 3.82. The molecule has 3 aromatic heterocycles. The van der Waals surface area contributed by atoms with E-state index < -0.39 is 0 Å². The van der Waals surface area contributed by atoms with Crippen LogP contribution >= 0.6 is 34.2 Å². The zero-order chi connectivity index (χ0) is 14.1. The van der Waals surface area contributed by atoms with Crippen LogP contribution in [-0.2, 0) is 6.54 Å². The summed E-state index contributed by atoms with van der Waals surface area (Å²) in [5.41, 5.74) is 8.80. The lowest BCUT2D eigenvalue weighted by molar-refractivity contribution is 1.08. The van der Waals surface area contributed by atoms with Gasteiger partial charge in [0.25, 0.3) is 0 Å². The van der Waals surface area contributed by atoms with E-state index in [-0.39, 0.29) is 0 Å². The molecular formula is C12H13N5S3. The SMILES string of the molecule is Cc1csc(CNc2snc(N)c2-c2csc(C)n2)n1. The van der Waals surface area contributed by atoms with E-state index in [4.69, 9.17) is 5.73 Å². The van der Waals surface area contributed by atoms with E-state index in [0.717, 1.165) is 32.0 Å². The molecule has 3 rings (SSSR count). The van der Waals surface area contributed by atoms with Gasteiger partial charge in [0.05, 0.1) is 22.8 Å². The number of thiazole rings is 2. The summed E-state index contributed by atoms with van der Waals surface area (Å²) in [4.78, 5) is 8.92. The first-order chi connectivity index (χ1) is 9.63. The van der Waals surface area contributed by atoms with Gasteiger partial charge in [0.15, 0.2) is 0 Å². The van der Waals surface area contributed by atoms with E-state index in [9.17, 15) is 0 Å². The molecule has 8 heteroatoms. The van der Waals surface area contributed by atoms with Crippen LogP contribution in [0.3, 0.4) is 0 Å². The molecule has 0 aliphatic carbocycles. The highest BCUT2D eigenvalue weighted by atomic mass is 32.1. The van der Waals surface area contributed by atoms with Crippen molar-refractivity contribution in [3.8, 4) is 11.3 Å². The molecule has 3 heterocycles. The molecule has 3 aromatic rings. The number of hydrogen-bond acceptors (Lipinski definition) is 8. The number of aryl methyl sites for hydroxylation is 2. The van der Waals surface area contributed by atoms with Crippen LogP contribution in [-0.4, -0.2) is 14.3 Å². The Morgan fingerprint density at radius 3 is 2.70 bits per heavy atom. The van der Waals surface area contributed by atoms with Gasteiger partial charge in [0, 0.05) is 16.5 Å². The highest BCUT2D eigenvalue weighted by Gasteiger charge is 2.16. The van der Waals surface area contributed by atoms with Crippen LogP contribution in [0, 0.1) is 13.8 Å². The quantitative estimate of drug-likeness (QED) is 0.768. The topological polar surface area (TPSA) is 76.7 Å². The number of nitrogens with one attached hydrogen (secondary N) is 1. The molecule has 20 heavy (non-hydrogen) atoms. The van der Waals surface area contributed by atoms with Gasteiger partial charge >= 0.3 is 0 Å². The Bertz CT molecular complexity index is 727. The Hall–Kier alpha value is -1.51. The molecule has 0 saturated heterocycles. The molecule has 0 saturated carbocycles. The van der Waals surface area contributed by atoms with Crippen LogP contribution in [0.1, 0.15) is 15.7 Å². The number of nitrogens with zero attached hydrogens (tertiary/aromatic N) is 3. The average molecular weight is 323 g/mol. The smallest absolute Gasteiger partial charge is 0.148 e. The van der Waals surface area contributed by atoms with E-state index in [1.165, 1.54) is 11.5 Å². The third kappa shape index (κ3) is 2.67. The minimum absolute atomic E-state index is 0.526. The molecule has 0 aromatic carbocycles. The molecule has 0 bridgehead atoms. The van der Waals surface area contributed by atoms with Crippen molar-refractivity contribution in [1.82, 2.24) is 14.3 Å². The second kappa shape index (κ2) is 5.47. The molecule has 0 atom stereocenters. The largest absolute Gasteiger partial charge is 0.382 e. The molecule has 0 unspecified atom stereocenters. The molecule has 0 radical (unpaired) electrons. The van der Waals surface area contributed by atoms with Crippen LogP contribution in [0.5, 0.6) is 0 Å². The molecule has 0 fully saturated rings. The highest BCUT2D eigenvalue weighted by molar-refractivity contribution is 7.12. The van der Waals surface area contributed by atoms with E-state index in [2.05, 4.69) is 19.7 Å². The van der Waals surface area contributed by atoms with Gasteiger partial charge in [-0.2, -0.15) is 4.37 Å². The minimum atomic E-state index is 0.526. The van der Waals surface area contributed by atoms with Gasteiger partial charge in [-0.15, -0.1) is 22.7 Å². The number of nitrogens with two attached hydrogens (primary N) is 1. The first-order valence-corrected chi connectivity index (χ1v) is 8.49. The highest BCUT2D eigenvalue weighted by Crippen LogP contribution is 2.37. The van der Waals surface area contributed by atoms with Crippen molar-refractivity contribution in [2.75, 3.05) is 11.1 Å². The van der Waals surface area contributed by atoms with Crippen LogP contribution < -0.4 is 11.1 Å². The lowest BCUT2D eigenvalue weighted by Gasteiger charge is -2.03. The molecule has 0 aliphatic rings. The van der Waals surface area contributed by atoms with E-state index >= 15 is 0 Å². The maximum absolute atomic E-state index is 5.97. The number of rotatable bonds is 4. The lowest BCUT2D eigenvalue weighted by atomic mass is 10.2. The normalized spacial score (nSPS) is 10.9. The average Bonchev–Trinajstić information content (AvgIpc) is 3.09. The predicted octanol–water partition coefficient (Wildman–Crippen LogP) is 3.53. The maximum Gasteiger partial charge on any atom is 0.148 e. The van der Waals surface area contributed by atoms with Crippen molar-refractivity contribution in [2.24, 2.45) is 0 Å². The standard InChI is InChI=1S/C12H13N5S3/c1-6-4-19-9(15-6)3-14-12-10(11(13)17-20-12)8-5-18-7(2)16-8/h4-5,14H,3H2,1-2H3,(H2,13,17). The lowest BCUT2D eigenvalue weighted by Crippen LogP contribution is -1.99. The Morgan fingerprint density at radius 1 is 1.20 bits per heavy atom. The fraction of sp³-hybridized carbons (Fsp3) is 0.250. The Balaban J connectivity index is 1.83. The number of nitrogen functional groups attached to an aromatic ring is 1. The van der Waals surface area contributed by atoms with Crippen molar-refractivity contribution >= 4 is 45.0 Å². The number of aromatic nitrogens is 3. The number of anilines is 2. The van der Waals surface area contributed by atoms with Gasteiger partial charge in [0.1, 0.15) is 15.8 Å². The van der Waals surface area contributed by atoms with Crippen molar-refractivity contribution < 1.29 is 0 Å². The van der Waals surface area contributed by atoms with Crippen molar-refractivity contribution in [1.29, 1.82) is 0 Å². The van der Waals surface area contributed by atoms with Gasteiger partial charge in [0.2, 0.25) is 0 Å². The summed E-state index contributed by atoms with van der Waals surface area (Å²) in [6.45, 7) is 4.65. The van der Waals surface area contributed by atoms with Crippen LogP contribution in [0.2, 0.25) is 0 Å². The van der Waals surface area contributed by atoms with Crippen molar-refractivity contribution in [3.63, 3.8) is 0 Å². The molecule has 3 N–H and O–H groups in total. The van der Waals surface area contributed by atoms with Gasteiger partial charge < -0.3 is 11.1 Å². The molecule has 0 amide bonds. The monoisotopic (exact) mass is 323 g/mol. The van der Waals surface area contributed by atoms with Gasteiger partial charge in [-0.05, 0) is 25.4 Å². The predicted molar refractivity (Wildman–Crippen MR) is 86.5 cm³/mol. The van der Waals surface area contributed by atoms with Gasteiger partial charge in [-0.25, -0.2) is 9.97 Å². The summed E-state index contributed by atoms with van der Waals surface area (Å²) in [5.74, 6) is 0.526. The zero-order valence-corrected chi connectivity index (χ0v) is 13.5. The Kier molecular flexibility index (Phi) is 3.68. The molecule has 5 nitrogen and oxygen atoms in total. The third-order valence-electron chi connectivity index (χ3n) is 2.66. The van der Waals surface area contributed by atoms with E-state index in [0.29, 0.717) is 12.4 Å². The first-order valence-electron chi connectivity index (χ1n) is 5.96. The molecule has 0 spiro atoms. The van der Waals surface area contributed by atoms with Crippen LogP contribution in [0.15, 0.2) is 10.8 Å². The van der Waals surface area contributed by atoms with E-state index in [1.54, 1.807) is 22.7 Å². The first kappa shape index (κ1) is 13.5. The summed E-state index contributed by atoms with van der Waals surface area (Å²) >= 11 is 4.62. The Labute approximate surface area is 128 Å². The molecular weight excluding hydrogens is 310 g/mol. The summed E-state index contributed by atoms with van der Waals surface area (Å²) in [6.07, 6.45) is 0. The number of hydrogen-bond donors (Lipinski definition) is 2. The van der Waals surface area contributed by atoms with Crippen LogP contribution in [0.25, 0.3) is 11.3 Å². The van der Waals surface area contributed by atoms with Crippen molar-refractivity contribution in [3.05, 3.63) is 26.5 Å². The Morgan fingerprint density at radius 2 is 2.05 bits per heavy atom. The zero-order valence-electron chi connectivity index (χ0n) is 11.0. The van der Waals surface area contributed by atoms with E-state index in [1.807, 2.05) is 24.6 Å². The summed E-state index contributed by atoms with van der Waals surface area (Å²) < 4.78 is 4.22. The van der Waals surface area contributed by atoms with Crippen molar-refractivity contribution in [2.45, 2.75) is 20.4 Å². The minimum Gasteiger partial charge on any atom is -0.382 e. The summed E-state index contributed by atoms with van der Waals surface area (Å²) in [7, 11) is 0. The van der Waals surface area contributed by atoms with Crippen LogP contribution in [0.4, 0.5) is 10.8 Å². The maximum atomic E-state index is 5.97. The summed E-state index contributed by atoms with van der Waals surface area (Å²) in [5, 5.41) is 10.4.